The number of likely N-dealkylation sites (tertiary alicyclic amines) is 1. The van der Waals surface area contributed by atoms with Gasteiger partial charge in [-0.3, -0.25) is 9.69 Å². The summed E-state index contributed by atoms with van der Waals surface area (Å²) in [5, 5.41) is 11.5. The Hall–Kier alpha value is -1.65. The number of hydrogen-bond donors (Lipinski definition) is 1. The van der Waals surface area contributed by atoms with E-state index >= 15 is 0 Å². The van der Waals surface area contributed by atoms with E-state index < -0.39 is 5.97 Å². The fourth-order valence-electron chi connectivity index (χ4n) is 3.09. The van der Waals surface area contributed by atoms with E-state index in [1.54, 1.807) is 11.3 Å². The molecule has 0 saturated carbocycles. The molecule has 1 N–H and O–H groups in total. The largest absolute Gasteiger partial charge is 0.481 e. The second-order valence-electron chi connectivity index (χ2n) is 5.58. The highest BCUT2D eigenvalue weighted by molar-refractivity contribution is 7.10. The van der Waals surface area contributed by atoms with E-state index in [1.165, 1.54) is 10.4 Å². The van der Waals surface area contributed by atoms with Gasteiger partial charge in [-0.2, -0.15) is 0 Å². The zero-order valence-electron chi connectivity index (χ0n) is 11.8. The van der Waals surface area contributed by atoms with Crippen molar-refractivity contribution in [3.05, 3.63) is 58.3 Å². The van der Waals surface area contributed by atoms with Crippen molar-refractivity contribution in [2.45, 2.75) is 18.9 Å². The Balaban J connectivity index is 1.74. The molecule has 2 aromatic rings. The van der Waals surface area contributed by atoms with Gasteiger partial charge in [-0.1, -0.05) is 36.4 Å². The highest BCUT2D eigenvalue weighted by atomic mass is 32.1. The molecule has 1 aromatic heterocycles. The third-order valence-corrected chi connectivity index (χ3v) is 5.18. The van der Waals surface area contributed by atoms with Gasteiger partial charge in [0.05, 0.1) is 5.92 Å². The Morgan fingerprint density at radius 1 is 1.24 bits per heavy atom. The molecule has 2 heterocycles. The first-order valence-electron chi connectivity index (χ1n) is 7.26. The number of carboxylic acid groups (broad SMARTS) is 1. The Morgan fingerprint density at radius 3 is 2.71 bits per heavy atom. The minimum atomic E-state index is -0.659. The molecule has 1 aliphatic heterocycles. The van der Waals surface area contributed by atoms with Crippen LogP contribution in [0.1, 0.15) is 22.8 Å². The van der Waals surface area contributed by atoms with Crippen LogP contribution in [0.25, 0.3) is 0 Å². The van der Waals surface area contributed by atoms with Crippen LogP contribution in [0.15, 0.2) is 47.8 Å². The Bertz CT molecular complexity index is 582. The fourth-order valence-corrected chi connectivity index (χ4v) is 3.98. The SMILES string of the molecule is O=C(O)[C@H]1CCN(Cc2ccccc2)C[C@@H]1c1cccs1. The monoisotopic (exact) mass is 301 g/mol. The molecule has 0 spiro atoms. The molecule has 1 fully saturated rings. The van der Waals surface area contributed by atoms with E-state index in [1.807, 2.05) is 17.5 Å². The van der Waals surface area contributed by atoms with Crippen molar-refractivity contribution in [2.75, 3.05) is 13.1 Å². The van der Waals surface area contributed by atoms with Gasteiger partial charge < -0.3 is 5.11 Å². The minimum absolute atomic E-state index is 0.111. The fraction of sp³-hybridized carbons (Fsp3) is 0.353. The lowest BCUT2D eigenvalue weighted by Gasteiger charge is -2.36. The number of carboxylic acids is 1. The van der Waals surface area contributed by atoms with Gasteiger partial charge >= 0.3 is 5.97 Å². The van der Waals surface area contributed by atoms with E-state index in [-0.39, 0.29) is 11.8 Å². The maximum absolute atomic E-state index is 11.5. The molecule has 2 atom stereocenters. The summed E-state index contributed by atoms with van der Waals surface area (Å²) in [7, 11) is 0. The van der Waals surface area contributed by atoms with Crippen LogP contribution < -0.4 is 0 Å². The van der Waals surface area contributed by atoms with Gasteiger partial charge in [-0.15, -0.1) is 11.3 Å². The summed E-state index contributed by atoms with van der Waals surface area (Å²) in [6, 6.07) is 14.5. The van der Waals surface area contributed by atoms with Gasteiger partial charge in [-0.05, 0) is 30.0 Å². The van der Waals surface area contributed by atoms with Gasteiger partial charge in [0.25, 0.3) is 0 Å². The summed E-state index contributed by atoms with van der Waals surface area (Å²) >= 11 is 1.67. The summed E-state index contributed by atoms with van der Waals surface area (Å²) in [6.45, 7) is 2.58. The van der Waals surface area contributed by atoms with Crippen molar-refractivity contribution in [3.63, 3.8) is 0 Å². The number of nitrogens with zero attached hydrogens (tertiary/aromatic N) is 1. The molecule has 0 aliphatic carbocycles. The van der Waals surface area contributed by atoms with Crippen molar-refractivity contribution in [3.8, 4) is 0 Å². The summed E-state index contributed by atoms with van der Waals surface area (Å²) in [4.78, 5) is 15.1. The smallest absolute Gasteiger partial charge is 0.307 e. The number of thiophene rings is 1. The molecule has 110 valence electrons. The van der Waals surface area contributed by atoms with Crippen molar-refractivity contribution in [1.29, 1.82) is 0 Å². The van der Waals surface area contributed by atoms with Crippen LogP contribution in [-0.4, -0.2) is 29.1 Å². The number of benzene rings is 1. The van der Waals surface area contributed by atoms with Crippen LogP contribution in [0.3, 0.4) is 0 Å². The second kappa shape index (κ2) is 6.41. The van der Waals surface area contributed by atoms with E-state index in [0.717, 1.165) is 26.1 Å². The lowest BCUT2D eigenvalue weighted by Crippen LogP contribution is -2.41. The van der Waals surface area contributed by atoms with Crippen LogP contribution in [0.4, 0.5) is 0 Å². The summed E-state index contributed by atoms with van der Waals surface area (Å²) in [5.41, 5.74) is 1.29. The van der Waals surface area contributed by atoms with E-state index in [4.69, 9.17) is 0 Å². The van der Waals surface area contributed by atoms with Crippen molar-refractivity contribution < 1.29 is 9.90 Å². The number of piperidine rings is 1. The average Bonchev–Trinajstić information content (AvgIpc) is 3.02. The molecule has 0 amide bonds. The lowest BCUT2D eigenvalue weighted by molar-refractivity contribution is -0.144. The summed E-state index contributed by atoms with van der Waals surface area (Å²) in [6.07, 6.45) is 0.727. The Kier molecular flexibility index (Phi) is 4.36. The molecule has 4 heteroatoms. The van der Waals surface area contributed by atoms with Crippen molar-refractivity contribution >= 4 is 17.3 Å². The summed E-state index contributed by atoms with van der Waals surface area (Å²) in [5.74, 6) is -0.802. The maximum atomic E-state index is 11.5. The van der Waals surface area contributed by atoms with Crippen LogP contribution in [0, 0.1) is 5.92 Å². The van der Waals surface area contributed by atoms with E-state index in [9.17, 15) is 9.90 Å². The quantitative estimate of drug-likeness (QED) is 0.940. The number of carbonyl (C=O) groups is 1. The lowest BCUT2D eigenvalue weighted by atomic mass is 9.84. The van der Waals surface area contributed by atoms with Crippen LogP contribution in [0.2, 0.25) is 0 Å². The molecule has 0 unspecified atom stereocenters. The van der Waals surface area contributed by atoms with Crippen molar-refractivity contribution in [1.82, 2.24) is 4.90 Å². The highest BCUT2D eigenvalue weighted by Crippen LogP contribution is 2.35. The predicted molar refractivity (Wildman–Crippen MR) is 84.5 cm³/mol. The first-order valence-corrected chi connectivity index (χ1v) is 8.14. The third-order valence-electron chi connectivity index (χ3n) is 4.17. The predicted octanol–water partition coefficient (Wildman–Crippen LogP) is 3.44. The molecule has 1 saturated heterocycles. The topological polar surface area (TPSA) is 40.5 Å². The number of aliphatic carboxylic acids is 1. The van der Waals surface area contributed by atoms with Gasteiger partial charge in [0.2, 0.25) is 0 Å². The molecule has 3 nitrogen and oxygen atoms in total. The molecular formula is C17H19NO2S. The van der Waals surface area contributed by atoms with Crippen LogP contribution in [0.5, 0.6) is 0 Å². The second-order valence-corrected chi connectivity index (χ2v) is 6.56. The van der Waals surface area contributed by atoms with Gasteiger partial charge in [0.1, 0.15) is 0 Å². The molecule has 1 aliphatic rings. The van der Waals surface area contributed by atoms with Gasteiger partial charge in [0.15, 0.2) is 0 Å². The van der Waals surface area contributed by atoms with E-state index in [0.29, 0.717) is 0 Å². The molecular weight excluding hydrogens is 282 g/mol. The average molecular weight is 301 g/mol. The summed E-state index contributed by atoms with van der Waals surface area (Å²) < 4.78 is 0. The molecule has 0 radical (unpaired) electrons. The van der Waals surface area contributed by atoms with Crippen LogP contribution >= 0.6 is 11.3 Å². The third kappa shape index (κ3) is 3.34. The molecule has 0 bridgehead atoms. The first-order chi connectivity index (χ1) is 10.2. The standard InChI is InChI=1S/C17H19NO2S/c19-17(20)14-8-9-18(11-13-5-2-1-3-6-13)12-15(14)16-7-4-10-21-16/h1-7,10,14-15H,8-9,11-12H2,(H,19,20)/t14-,15-/m0/s1. The molecule has 21 heavy (non-hydrogen) atoms. The Morgan fingerprint density at radius 2 is 2.05 bits per heavy atom. The highest BCUT2D eigenvalue weighted by Gasteiger charge is 2.35. The molecule has 1 aromatic carbocycles. The van der Waals surface area contributed by atoms with Gasteiger partial charge in [-0.25, -0.2) is 0 Å². The maximum Gasteiger partial charge on any atom is 0.307 e. The zero-order chi connectivity index (χ0) is 14.7. The Labute approximate surface area is 128 Å². The minimum Gasteiger partial charge on any atom is -0.481 e. The normalized spacial score (nSPS) is 23.0. The zero-order valence-corrected chi connectivity index (χ0v) is 12.6. The van der Waals surface area contributed by atoms with Gasteiger partial charge in [0, 0.05) is 23.9 Å². The van der Waals surface area contributed by atoms with E-state index in [2.05, 4.69) is 35.2 Å². The first kappa shape index (κ1) is 14.3. The van der Waals surface area contributed by atoms with Crippen molar-refractivity contribution in [2.24, 2.45) is 5.92 Å². The number of hydrogen-bond acceptors (Lipinski definition) is 3. The number of rotatable bonds is 4. The molecule has 3 rings (SSSR count). The van der Waals surface area contributed by atoms with Crippen LogP contribution in [-0.2, 0) is 11.3 Å².